The van der Waals surface area contributed by atoms with Gasteiger partial charge in [0.2, 0.25) is 5.91 Å². The Bertz CT molecular complexity index is 902. The molecule has 0 radical (unpaired) electrons. The second-order valence-electron chi connectivity index (χ2n) is 5.42. The van der Waals surface area contributed by atoms with Gasteiger partial charge >= 0.3 is 0 Å². The standard InChI is InChI=1S/C14H13BrN4O.C4H8.C2H6/c1-8-7-19(9(2)20)17-13(8)14-16-11-6-10(15)4-5-12(11)18(14)3;1-3-4-2;1-2/h4-7H,1-3H3;3-4H,1-2H3;1-2H3/b;4-3-;. The number of hydrogen-bond acceptors (Lipinski definition) is 3. The summed E-state index contributed by atoms with van der Waals surface area (Å²) in [4.78, 5) is 16.0. The lowest BCUT2D eigenvalue weighted by molar-refractivity contribution is 0.0921. The van der Waals surface area contributed by atoms with Crippen molar-refractivity contribution in [2.24, 2.45) is 7.05 Å². The van der Waals surface area contributed by atoms with Crippen molar-refractivity contribution in [3.05, 3.63) is 46.6 Å². The number of rotatable bonds is 1. The van der Waals surface area contributed by atoms with Gasteiger partial charge in [-0.05, 0) is 44.5 Å². The summed E-state index contributed by atoms with van der Waals surface area (Å²) in [6.07, 6.45) is 5.73. The van der Waals surface area contributed by atoms with Crippen LogP contribution in [0.15, 0.2) is 41.0 Å². The van der Waals surface area contributed by atoms with E-state index in [1.54, 1.807) is 6.20 Å². The van der Waals surface area contributed by atoms with E-state index < -0.39 is 0 Å². The number of allylic oxidation sites excluding steroid dienone is 2. The predicted molar refractivity (Wildman–Crippen MR) is 113 cm³/mol. The van der Waals surface area contributed by atoms with Crippen LogP contribution >= 0.6 is 15.9 Å². The summed E-state index contributed by atoms with van der Waals surface area (Å²) >= 11 is 3.45. The molecule has 0 spiro atoms. The minimum absolute atomic E-state index is 0.110. The SMILES string of the molecule is C/C=C\C.CC.CC(=O)n1cc(C)c(-c2nc3cc(Br)ccc3n2C)n1. The molecule has 2 aromatic heterocycles. The molecule has 0 aliphatic heterocycles. The molecule has 0 unspecified atom stereocenters. The maximum atomic E-state index is 11.4. The van der Waals surface area contributed by atoms with Crippen molar-refractivity contribution in [1.29, 1.82) is 0 Å². The van der Waals surface area contributed by atoms with E-state index in [9.17, 15) is 4.79 Å². The topological polar surface area (TPSA) is 52.7 Å². The Morgan fingerprint density at radius 3 is 2.31 bits per heavy atom. The highest BCUT2D eigenvalue weighted by Crippen LogP contribution is 2.26. The summed E-state index contributed by atoms with van der Waals surface area (Å²) in [6, 6.07) is 5.96. The highest BCUT2D eigenvalue weighted by atomic mass is 79.9. The van der Waals surface area contributed by atoms with E-state index in [4.69, 9.17) is 0 Å². The predicted octanol–water partition coefficient (Wildman–Crippen LogP) is 5.78. The van der Waals surface area contributed by atoms with Crippen LogP contribution in [0.1, 0.15) is 45.0 Å². The molecule has 0 aliphatic carbocycles. The summed E-state index contributed by atoms with van der Waals surface area (Å²) in [5, 5.41) is 4.33. The fraction of sp³-hybridized carbons (Fsp3) is 0.350. The van der Waals surface area contributed by atoms with E-state index in [-0.39, 0.29) is 5.91 Å². The smallest absolute Gasteiger partial charge is 0.243 e. The molecular formula is C20H27BrN4O. The summed E-state index contributed by atoms with van der Waals surface area (Å²) in [5.74, 6) is 0.649. The zero-order valence-electron chi connectivity index (χ0n) is 16.5. The van der Waals surface area contributed by atoms with Gasteiger partial charge in [0.1, 0.15) is 5.69 Å². The Kier molecular flexibility index (Phi) is 8.45. The molecule has 0 saturated carbocycles. The lowest BCUT2D eigenvalue weighted by Gasteiger charge is -2.00. The number of carbonyl (C=O) groups excluding carboxylic acids is 1. The minimum Gasteiger partial charge on any atom is -0.326 e. The average molecular weight is 419 g/mol. The number of benzene rings is 1. The Morgan fingerprint density at radius 1 is 1.19 bits per heavy atom. The average Bonchev–Trinajstić information content (AvgIpc) is 3.17. The Morgan fingerprint density at radius 2 is 1.81 bits per heavy atom. The third-order valence-electron chi connectivity index (χ3n) is 3.61. The van der Waals surface area contributed by atoms with Crippen LogP contribution in [0.2, 0.25) is 0 Å². The number of imidazole rings is 1. The zero-order chi connectivity index (χ0) is 19.9. The maximum Gasteiger partial charge on any atom is 0.243 e. The van der Waals surface area contributed by atoms with Gasteiger partial charge in [-0.15, -0.1) is 0 Å². The molecule has 0 N–H and O–H groups in total. The van der Waals surface area contributed by atoms with Crippen LogP contribution in [0.3, 0.4) is 0 Å². The fourth-order valence-electron chi connectivity index (χ4n) is 2.23. The summed E-state index contributed by atoms with van der Waals surface area (Å²) in [5.41, 5.74) is 3.58. The molecule has 26 heavy (non-hydrogen) atoms. The van der Waals surface area contributed by atoms with Crippen LogP contribution in [0.25, 0.3) is 22.6 Å². The molecule has 6 heteroatoms. The molecule has 140 valence electrons. The van der Waals surface area contributed by atoms with Gasteiger partial charge in [0.25, 0.3) is 0 Å². The normalized spacial score (nSPS) is 10.3. The Labute approximate surface area is 163 Å². The number of aromatic nitrogens is 4. The molecular weight excluding hydrogens is 392 g/mol. The molecule has 3 aromatic rings. The number of carbonyl (C=O) groups is 1. The number of aryl methyl sites for hydroxylation is 2. The van der Waals surface area contributed by atoms with Gasteiger partial charge < -0.3 is 4.57 Å². The van der Waals surface area contributed by atoms with Gasteiger partial charge in [-0.25, -0.2) is 9.67 Å². The van der Waals surface area contributed by atoms with Gasteiger partial charge in [-0.1, -0.05) is 41.9 Å². The molecule has 3 rings (SSSR count). The second-order valence-corrected chi connectivity index (χ2v) is 6.33. The van der Waals surface area contributed by atoms with Crippen molar-refractivity contribution in [1.82, 2.24) is 19.3 Å². The molecule has 0 saturated heterocycles. The van der Waals surface area contributed by atoms with Crippen molar-refractivity contribution in [2.75, 3.05) is 0 Å². The van der Waals surface area contributed by atoms with Crippen LogP contribution < -0.4 is 0 Å². The molecule has 5 nitrogen and oxygen atoms in total. The highest BCUT2D eigenvalue weighted by molar-refractivity contribution is 9.10. The van der Waals surface area contributed by atoms with E-state index in [0.29, 0.717) is 0 Å². The Hall–Kier alpha value is -2.21. The van der Waals surface area contributed by atoms with E-state index in [2.05, 4.69) is 26.0 Å². The fourth-order valence-corrected chi connectivity index (χ4v) is 2.58. The first-order chi connectivity index (χ1) is 12.4. The lowest BCUT2D eigenvalue weighted by Crippen LogP contribution is -2.06. The van der Waals surface area contributed by atoms with Crippen molar-refractivity contribution >= 4 is 32.9 Å². The molecule has 2 heterocycles. The number of nitrogens with zero attached hydrogens (tertiary/aromatic N) is 4. The van der Waals surface area contributed by atoms with Crippen molar-refractivity contribution < 1.29 is 4.79 Å². The number of halogens is 1. The largest absolute Gasteiger partial charge is 0.326 e. The Balaban J connectivity index is 0.000000500. The van der Waals surface area contributed by atoms with Crippen molar-refractivity contribution in [2.45, 2.75) is 41.5 Å². The van der Waals surface area contributed by atoms with Crippen LogP contribution in [0.4, 0.5) is 0 Å². The second kappa shape index (κ2) is 10.1. The summed E-state index contributed by atoms with van der Waals surface area (Å²) in [6.45, 7) is 11.4. The monoisotopic (exact) mass is 418 g/mol. The third-order valence-corrected chi connectivity index (χ3v) is 4.10. The first-order valence-electron chi connectivity index (χ1n) is 8.65. The minimum atomic E-state index is -0.110. The number of hydrogen-bond donors (Lipinski definition) is 0. The zero-order valence-corrected chi connectivity index (χ0v) is 18.1. The van der Waals surface area contributed by atoms with Gasteiger partial charge in [0, 0.05) is 24.6 Å². The molecule has 0 aliphatic rings. The van der Waals surface area contributed by atoms with Gasteiger partial charge in [-0.3, -0.25) is 4.79 Å². The molecule has 0 atom stereocenters. The quantitative estimate of drug-likeness (QED) is 0.470. The highest BCUT2D eigenvalue weighted by Gasteiger charge is 2.16. The first kappa shape index (κ1) is 21.8. The van der Waals surface area contributed by atoms with Crippen LogP contribution in [0.5, 0.6) is 0 Å². The van der Waals surface area contributed by atoms with E-state index in [0.717, 1.165) is 32.6 Å². The van der Waals surface area contributed by atoms with Gasteiger partial charge in [0.15, 0.2) is 5.82 Å². The maximum absolute atomic E-state index is 11.4. The van der Waals surface area contributed by atoms with E-state index in [1.165, 1.54) is 11.6 Å². The molecule has 0 amide bonds. The summed E-state index contributed by atoms with van der Waals surface area (Å²) in [7, 11) is 1.95. The molecule has 1 aromatic carbocycles. The van der Waals surface area contributed by atoms with Crippen LogP contribution in [-0.2, 0) is 7.05 Å². The lowest BCUT2D eigenvalue weighted by atomic mass is 10.2. The molecule has 0 bridgehead atoms. The van der Waals surface area contributed by atoms with Crippen LogP contribution in [-0.4, -0.2) is 25.2 Å². The summed E-state index contributed by atoms with van der Waals surface area (Å²) < 4.78 is 4.32. The first-order valence-corrected chi connectivity index (χ1v) is 9.45. The van der Waals surface area contributed by atoms with E-state index >= 15 is 0 Å². The molecule has 0 fully saturated rings. The van der Waals surface area contributed by atoms with Crippen molar-refractivity contribution in [3.8, 4) is 11.5 Å². The third kappa shape index (κ3) is 4.91. The van der Waals surface area contributed by atoms with Crippen molar-refractivity contribution in [3.63, 3.8) is 0 Å². The van der Waals surface area contributed by atoms with Gasteiger partial charge in [-0.2, -0.15) is 5.10 Å². The number of fused-ring (bicyclic) bond motifs is 1. The van der Waals surface area contributed by atoms with Crippen LogP contribution in [0, 0.1) is 6.92 Å². The van der Waals surface area contributed by atoms with Gasteiger partial charge in [0.05, 0.1) is 11.0 Å². The van der Waals surface area contributed by atoms with E-state index in [1.807, 2.05) is 76.6 Å².